The Bertz CT molecular complexity index is 764. The van der Waals surface area contributed by atoms with Crippen LogP contribution < -0.4 is 15.8 Å². The summed E-state index contributed by atoms with van der Waals surface area (Å²) in [5.74, 6) is -0.557. The molecule has 21 heavy (non-hydrogen) atoms. The lowest BCUT2D eigenvalue weighted by molar-refractivity contribution is 0.0697. The summed E-state index contributed by atoms with van der Waals surface area (Å²) >= 11 is 0. The topological polar surface area (TPSA) is 80.0 Å². The summed E-state index contributed by atoms with van der Waals surface area (Å²) in [6, 6.07) is 4.29. The second kappa shape index (κ2) is 5.25. The Labute approximate surface area is 121 Å². The van der Waals surface area contributed by atoms with Crippen LogP contribution in [0.25, 0.3) is 11.0 Å². The summed E-state index contributed by atoms with van der Waals surface area (Å²) in [5, 5.41) is 9.36. The minimum Gasteiger partial charge on any atom is -0.478 e. The van der Waals surface area contributed by atoms with Crippen LogP contribution in [0, 0.1) is 0 Å². The quantitative estimate of drug-likeness (QED) is 0.756. The maximum atomic E-state index is 12.3. The molecule has 7 heteroatoms. The van der Waals surface area contributed by atoms with Gasteiger partial charge in [0.2, 0.25) is 0 Å². The summed E-state index contributed by atoms with van der Waals surface area (Å²) in [4.78, 5) is 25.3. The number of rotatable bonds is 2. The maximum absolute atomic E-state index is 12.3. The van der Waals surface area contributed by atoms with Gasteiger partial charge in [-0.3, -0.25) is 4.79 Å². The molecule has 1 N–H and O–H groups in total. The number of carboxylic acids is 1. The third kappa shape index (κ3) is 2.52. The van der Waals surface area contributed by atoms with E-state index in [2.05, 4.69) is 0 Å². The number of fused-ring (bicyclic) bond motifs is 1. The van der Waals surface area contributed by atoms with Gasteiger partial charge in [-0.05, 0) is 11.5 Å². The molecule has 2 heterocycles. The first-order valence-corrected chi connectivity index (χ1v) is 6.71. The van der Waals surface area contributed by atoms with E-state index in [1.54, 1.807) is 7.85 Å². The number of hydrogen-bond acceptors (Lipinski definition) is 5. The van der Waals surface area contributed by atoms with Crippen molar-refractivity contribution in [1.82, 2.24) is 0 Å². The van der Waals surface area contributed by atoms with Crippen LogP contribution >= 0.6 is 0 Å². The lowest BCUT2D eigenvalue weighted by Crippen LogP contribution is -2.36. The van der Waals surface area contributed by atoms with Gasteiger partial charge in [0.15, 0.2) is 11.3 Å². The highest BCUT2D eigenvalue weighted by atomic mass is 16.5. The van der Waals surface area contributed by atoms with Crippen molar-refractivity contribution in [2.24, 2.45) is 0 Å². The van der Waals surface area contributed by atoms with Crippen molar-refractivity contribution in [3.05, 3.63) is 34.0 Å². The number of aromatic carboxylic acids is 1. The van der Waals surface area contributed by atoms with Gasteiger partial charge in [0, 0.05) is 19.2 Å². The Hall–Kier alpha value is -2.28. The molecule has 0 atom stereocenters. The number of carboxylic acid groups (broad SMARTS) is 1. The molecular formula is C14H14BNO5. The van der Waals surface area contributed by atoms with Crippen molar-refractivity contribution in [2.45, 2.75) is 0 Å². The molecule has 2 aromatic rings. The predicted octanol–water partition coefficient (Wildman–Crippen LogP) is -0.414. The highest BCUT2D eigenvalue weighted by molar-refractivity contribution is 6.38. The van der Waals surface area contributed by atoms with Crippen molar-refractivity contribution < 1.29 is 19.1 Å². The van der Waals surface area contributed by atoms with Crippen molar-refractivity contribution in [3.8, 4) is 0 Å². The first-order chi connectivity index (χ1) is 10.1. The third-order valence-corrected chi connectivity index (χ3v) is 3.57. The highest BCUT2D eigenvalue weighted by Crippen LogP contribution is 2.19. The Kier molecular flexibility index (Phi) is 3.43. The monoisotopic (exact) mass is 287 g/mol. The third-order valence-electron chi connectivity index (χ3n) is 3.57. The second-order valence-electron chi connectivity index (χ2n) is 5.02. The summed E-state index contributed by atoms with van der Waals surface area (Å²) in [7, 11) is 1.74. The number of benzene rings is 1. The SMILES string of the molecule is Bc1cc(C(=O)O)cc2c(=O)cc(N3CCOCC3)oc12. The fraction of sp³-hybridized carbons (Fsp3) is 0.286. The van der Waals surface area contributed by atoms with Crippen molar-refractivity contribution in [1.29, 1.82) is 0 Å². The molecule has 0 bridgehead atoms. The van der Waals surface area contributed by atoms with Crippen LogP contribution in [0.2, 0.25) is 0 Å². The molecule has 0 saturated carbocycles. The fourth-order valence-corrected chi connectivity index (χ4v) is 2.48. The number of morpholine rings is 1. The van der Waals surface area contributed by atoms with Crippen LogP contribution in [0.3, 0.4) is 0 Å². The molecule has 1 fully saturated rings. The summed E-state index contributed by atoms with van der Waals surface area (Å²) in [6.45, 7) is 2.53. The van der Waals surface area contributed by atoms with Gasteiger partial charge >= 0.3 is 5.97 Å². The molecule has 6 nitrogen and oxygen atoms in total. The average Bonchev–Trinajstić information content (AvgIpc) is 2.48. The lowest BCUT2D eigenvalue weighted by atomic mass is 9.91. The van der Waals surface area contributed by atoms with E-state index in [4.69, 9.17) is 14.3 Å². The van der Waals surface area contributed by atoms with E-state index >= 15 is 0 Å². The van der Waals surface area contributed by atoms with Crippen LogP contribution in [-0.2, 0) is 4.74 Å². The number of anilines is 1. The van der Waals surface area contributed by atoms with Gasteiger partial charge in [0.25, 0.3) is 0 Å². The van der Waals surface area contributed by atoms with Gasteiger partial charge in [-0.1, -0.05) is 6.07 Å². The maximum Gasteiger partial charge on any atom is 0.335 e. The van der Waals surface area contributed by atoms with E-state index in [-0.39, 0.29) is 11.0 Å². The molecule has 0 amide bonds. The van der Waals surface area contributed by atoms with Gasteiger partial charge in [-0.2, -0.15) is 0 Å². The van der Waals surface area contributed by atoms with Crippen LogP contribution in [0.1, 0.15) is 10.4 Å². The average molecular weight is 287 g/mol. The number of carbonyl (C=O) groups is 1. The Morgan fingerprint density at radius 2 is 1.95 bits per heavy atom. The molecule has 1 aromatic heterocycles. The van der Waals surface area contributed by atoms with E-state index in [1.807, 2.05) is 4.90 Å². The first kappa shape index (κ1) is 13.7. The van der Waals surface area contributed by atoms with E-state index in [0.29, 0.717) is 48.6 Å². The normalized spacial score (nSPS) is 15.3. The fourth-order valence-electron chi connectivity index (χ4n) is 2.48. The van der Waals surface area contributed by atoms with E-state index in [1.165, 1.54) is 18.2 Å². The van der Waals surface area contributed by atoms with E-state index < -0.39 is 5.97 Å². The largest absolute Gasteiger partial charge is 0.478 e. The summed E-state index contributed by atoms with van der Waals surface area (Å²) in [5.41, 5.74) is 0.932. The number of nitrogens with zero attached hydrogens (tertiary/aromatic N) is 1. The molecule has 1 aliphatic rings. The van der Waals surface area contributed by atoms with Crippen LogP contribution in [0.4, 0.5) is 5.88 Å². The number of hydrogen-bond donors (Lipinski definition) is 1. The van der Waals surface area contributed by atoms with Gasteiger partial charge in [0.1, 0.15) is 13.4 Å². The minimum atomic E-state index is -1.06. The second-order valence-corrected chi connectivity index (χ2v) is 5.02. The van der Waals surface area contributed by atoms with Crippen molar-refractivity contribution >= 4 is 36.1 Å². The molecule has 0 spiro atoms. The standard InChI is InChI=1S/C14H14BNO5/c15-10-6-8(14(18)19)5-9-11(17)7-12(21-13(9)10)16-1-3-20-4-2-16/h5-7H,1-4,15H2,(H,18,19). The molecular weight excluding hydrogens is 273 g/mol. The van der Waals surface area contributed by atoms with Crippen molar-refractivity contribution in [2.75, 3.05) is 31.2 Å². The van der Waals surface area contributed by atoms with E-state index in [0.717, 1.165) is 0 Å². The molecule has 0 unspecified atom stereocenters. The minimum absolute atomic E-state index is 0.0893. The summed E-state index contributed by atoms with van der Waals surface area (Å²) in [6.07, 6.45) is 0. The predicted molar refractivity (Wildman–Crippen MR) is 80.7 cm³/mol. The smallest absolute Gasteiger partial charge is 0.335 e. The van der Waals surface area contributed by atoms with Crippen LogP contribution in [0.5, 0.6) is 0 Å². The van der Waals surface area contributed by atoms with Gasteiger partial charge in [-0.25, -0.2) is 4.79 Å². The lowest BCUT2D eigenvalue weighted by Gasteiger charge is -2.27. The molecule has 3 rings (SSSR count). The molecule has 1 aliphatic heterocycles. The Balaban J connectivity index is 2.15. The zero-order valence-corrected chi connectivity index (χ0v) is 11.6. The van der Waals surface area contributed by atoms with Crippen molar-refractivity contribution in [3.63, 3.8) is 0 Å². The molecule has 1 aromatic carbocycles. The highest BCUT2D eigenvalue weighted by Gasteiger charge is 2.17. The summed E-state index contributed by atoms with van der Waals surface area (Å²) < 4.78 is 11.1. The van der Waals surface area contributed by atoms with Gasteiger partial charge in [-0.15, -0.1) is 0 Å². The number of ether oxygens (including phenoxy) is 1. The zero-order chi connectivity index (χ0) is 15.0. The van der Waals surface area contributed by atoms with Crippen LogP contribution in [0.15, 0.2) is 27.4 Å². The van der Waals surface area contributed by atoms with Gasteiger partial charge in [0.05, 0.1) is 24.2 Å². The first-order valence-electron chi connectivity index (χ1n) is 6.71. The zero-order valence-electron chi connectivity index (χ0n) is 11.6. The Morgan fingerprint density at radius 1 is 1.24 bits per heavy atom. The molecule has 108 valence electrons. The molecule has 1 saturated heterocycles. The van der Waals surface area contributed by atoms with Gasteiger partial charge < -0.3 is 19.2 Å². The molecule has 0 radical (unpaired) electrons. The Morgan fingerprint density at radius 3 is 2.62 bits per heavy atom. The van der Waals surface area contributed by atoms with E-state index in [9.17, 15) is 9.59 Å². The van der Waals surface area contributed by atoms with Crippen LogP contribution in [-0.4, -0.2) is 45.2 Å². The molecule has 0 aliphatic carbocycles.